The van der Waals surface area contributed by atoms with Crippen LogP contribution in [0.15, 0.2) is 27.6 Å². The highest BCUT2D eigenvalue weighted by Gasteiger charge is 2.33. The van der Waals surface area contributed by atoms with Crippen LogP contribution in [0.3, 0.4) is 0 Å². The molecule has 0 saturated carbocycles. The van der Waals surface area contributed by atoms with Crippen LogP contribution in [0.5, 0.6) is 0 Å². The van der Waals surface area contributed by atoms with Crippen LogP contribution in [0.25, 0.3) is 0 Å². The molecule has 0 aromatic heterocycles. The quantitative estimate of drug-likeness (QED) is 0.691. The largest absolute Gasteiger partial charge is 0.550 e. The van der Waals surface area contributed by atoms with Crippen molar-refractivity contribution in [1.29, 1.82) is 0 Å². The molecule has 0 radical (unpaired) electrons. The van der Waals surface area contributed by atoms with E-state index in [4.69, 9.17) is 11.6 Å². The Morgan fingerprint density at radius 2 is 2.04 bits per heavy atom. The van der Waals surface area contributed by atoms with Gasteiger partial charge in [0.1, 0.15) is 4.90 Å². The number of quaternary nitrogens is 1. The standard InChI is InChI=1S/C14H18BrClN2O4S/c1-10(8-14(19)20)17-4-6-18(7-5-17)23(21,22)13-3-2-11(15)9-12(13)16/h2-3,9-10H,4-8H2,1H3,(H,19,20)/t10-/m1/s1. The van der Waals surface area contributed by atoms with Gasteiger partial charge >= 0.3 is 0 Å². The van der Waals surface area contributed by atoms with Gasteiger partial charge in [-0.3, -0.25) is 0 Å². The first-order valence-electron chi connectivity index (χ1n) is 7.21. The maximum absolute atomic E-state index is 12.7. The van der Waals surface area contributed by atoms with Gasteiger partial charge in [-0.25, -0.2) is 8.42 Å². The monoisotopic (exact) mass is 424 g/mol. The molecule has 23 heavy (non-hydrogen) atoms. The number of nitrogens with zero attached hydrogens (tertiary/aromatic N) is 1. The number of piperazine rings is 1. The summed E-state index contributed by atoms with van der Waals surface area (Å²) < 4.78 is 27.5. The van der Waals surface area contributed by atoms with E-state index in [1.807, 2.05) is 6.92 Å². The van der Waals surface area contributed by atoms with Crippen LogP contribution in [-0.2, 0) is 14.8 Å². The zero-order chi connectivity index (χ0) is 17.2. The number of hydrogen-bond acceptors (Lipinski definition) is 4. The number of benzene rings is 1. The van der Waals surface area contributed by atoms with Gasteiger partial charge in [0.25, 0.3) is 0 Å². The molecule has 1 aliphatic rings. The van der Waals surface area contributed by atoms with Gasteiger partial charge in [-0.15, -0.1) is 0 Å². The third kappa shape index (κ3) is 4.45. The molecule has 1 fully saturated rings. The highest BCUT2D eigenvalue weighted by atomic mass is 79.9. The molecule has 1 atom stereocenters. The molecule has 1 heterocycles. The van der Waals surface area contributed by atoms with E-state index in [0.29, 0.717) is 30.7 Å². The summed E-state index contributed by atoms with van der Waals surface area (Å²) in [5, 5.41) is 10.9. The number of halogens is 2. The summed E-state index contributed by atoms with van der Waals surface area (Å²) in [6.45, 7) is 3.62. The molecule has 0 bridgehead atoms. The number of carbonyl (C=O) groups is 1. The lowest BCUT2D eigenvalue weighted by Gasteiger charge is -2.35. The highest BCUT2D eigenvalue weighted by Crippen LogP contribution is 2.27. The molecule has 0 amide bonds. The molecule has 128 valence electrons. The molecule has 9 heteroatoms. The van der Waals surface area contributed by atoms with E-state index in [0.717, 1.165) is 4.90 Å². The number of rotatable bonds is 5. The summed E-state index contributed by atoms with van der Waals surface area (Å²) in [5.41, 5.74) is 0. The number of nitrogens with one attached hydrogen (secondary N) is 1. The normalized spacial score (nSPS) is 18.7. The van der Waals surface area contributed by atoms with E-state index >= 15 is 0 Å². The second-order valence-corrected chi connectivity index (χ2v) is 8.84. The lowest BCUT2D eigenvalue weighted by atomic mass is 10.2. The average Bonchev–Trinajstić information content (AvgIpc) is 2.46. The van der Waals surface area contributed by atoms with Crippen LogP contribution in [0.4, 0.5) is 0 Å². The van der Waals surface area contributed by atoms with Crippen LogP contribution < -0.4 is 10.0 Å². The molecule has 1 saturated heterocycles. The minimum absolute atomic E-state index is 0.0272. The second kappa shape index (κ2) is 7.48. The second-order valence-electron chi connectivity index (χ2n) is 5.61. The Kier molecular flexibility index (Phi) is 6.07. The Morgan fingerprint density at radius 3 is 2.57 bits per heavy atom. The molecule has 6 nitrogen and oxygen atoms in total. The molecule has 1 aliphatic heterocycles. The third-order valence-electron chi connectivity index (χ3n) is 4.05. The summed E-state index contributed by atoms with van der Waals surface area (Å²) in [6.07, 6.45) is -0.0272. The fraction of sp³-hybridized carbons (Fsp3) is 0.500. The molecule has 0 aliphatic carbocycles. The summed E-state index contributed by atoms with van der Waals surface area (Å²) in [6, 6.07) is 4.58. The van der Waals surface area contributed by atoms with Gasteiger partial charge in [0.2, 0.25) is 10.0 Å². The fourth-order valence-electron chi connectivity index (χ4n) is 2.72. The Bertz CT molecular complexity index is 690. The van der Waals surface area contributed by atoms with Gasteiger partial charge in [0.05, 0.1) is 37.2 Å². The Hall–Kier alpha value is -0.670. The topological polar surface area (TPSA) is 81.9 Å². The molecule has 1 aromatic carbocycles. The Morgan fingerprint density at radius 1 is 1.43 bits per heavy atom. The van der Waals surface area contributed by atoms with Gasteiger partial charge in [-0.1, -0.05) is 27.5 Å². The van der Waals surface area contributed by atoms with Crippen molar-refractivity contribution in [2.45, 2.75) is 24.3 Å². The van der Waals surface area contributed by atoms with Crippen molar-refractivity contribution in [3.63, 3.8) is 0 Å². The van der Waals surface area contributed by atoms with Gasteiger partial charge in [0, 0.05) is 16.9 Å². The summed E-state index contributed by atoms with van der Waals surface area (Å²) in [7, 11) is -3.64. The molecular formula is C14H18BrClN2O4S. The van der Waals surface area contributed by atoms with Crippen molar-refractivity contribution in [3.8, 4) is 0 Å². The van der Waals surface area contributed by atoms with Gasteiger partial charge in [-0.2, -0.15) is 4.31 Å². The van der Waals surface area contributed by atoms with Gasteiger partial charge < -0.3 is 14.8 Å². The Balaban J connectivity index is 2.08. The summed E-state index contributed by atoms with van der Waals surface area (Å²) in [4.78, 5) is 11.8. The zero-order valence-corrected chi connectivity index (χ0v) is 15.7. The molecule has 0 spiro atoms. The van der Waals surface area contributed by atoms with Crippen LogP contribution in [0, 0.1) is 0 Å². The average molecular weight is 426 g/mol. The predicted molar refractivity (Wildman–Crippen MR) is 87.7 cm³/mol. The van der Waals surface area contributed by atoms with E-state index < -0.39 is 16.0 Å². The van der Waals surface area contributed by atoms with Gasteiger partial charge in [0.15, 0.2) is 0 Å². The van der Waals surface area contributed by atoms with E-state index in [-0.39, 0.29) is 22.4 Å². The van der Waals surface area contributed by atoms with Crippen LogP contribution in [0.1, 0.15) is 13.3 Å². The SMILES string of the molecule is C[C@H](CC(=O)[O-])[NH+]1CCN(S(=O)(=O)c2ccc(Br)cc2Cl)CC1. The molecule has 0 unspecified atom stereocenters. The molecule has 1 N–H and O–H groups in total. The van der Waals surface area contributed by atoms with Crippen molar-refractivity contribution in [3.05, 3.63) is 27.7 Å². The van der Waals surface area contributed by atoms with Crippen molar-refractivity contribution in [2.24, 2.45) is 0 Å². The first-order valence-corrected chi connectivity index (χ1v) is 9.82. The summed E-state index contributed by atoms with van der Waals surface area (Å²) >= 11 is 9.31. The lowest BCUT2D eigenvalue weighted by molar-refractivity contribution is -0.926. The van der Waals surface area contributed by atoms with E-state index in [9.17, 15) is 18.3 Å². The minimum atomic E-state index is -3.64. The van der Waals surface area contributed by atoms with Crippen molar-refractivity contribution in [1.82, 2.24) is 4.31 Å². The Labute approximate surface area is 149 Å². The maximum atomic E-state index is 12.7. The molecule has 2 rings (SSSR count). The van der Waals surface area contributed by atoms with E-state index in [1.54, 1.807) is 12.1 Å². The predicted octanol–water partition coefficient (Wildman–Crippen LogP) is -0.480. The maximum Gasteiger partial charge on any atom is 0.244 e. The number of sulfonamides is 1. The first-order chi connectivity index (χ1) is 10.7. The van der Waals surface area contributed by atoms with Gasteiger partial charge in [-0.05, 0) is 25.1 Å². The third-order valence-corrected chi connectivity index (χ3v) is 6.92. The fourth-order valence-corrected chi connectivity index (χ4v) is 5.18. The molecule has 1 aromatic rings. The van der Waals surface area contributed by atoms with Crippen molar-refractivity contribution < 1.29 is 23.2 Å². The number of aliphatic carboxylic acids is 1. The van der Waals surface area contributed by atoms with Crippen molar-refractivity contribution in [2.75, 3.05) is 26.2 Å². The highest BCUT2D eigenvalue weighted by molar-refractivity contribution is 9.10. The zero-order valence-electron chi connectivity index (χ0n) is 12.6. The smallest absolute Gasteiger partial charge is 0.244 e. The lowest BCUT2D eigenvalue weighted by Crippen LogP contribution is -3.18. The van der Waals surface area contributed by atoms with E-state index in [2.05, 4.69) is 15.9 Å². The first kappa shape index (κ1) is 18.7. The van der Waals surface area contributed by atoms with Crippen LogP contribution >= 0.6 is 27.5 Å². The van der Waals surface area contributed by atoms with Crippen molar-refractivity contribution >= 4 is 43.5 Å². The number of carbonyl (C=O) groups excluding carboxylic acids is 1. The number of carboxylic acid groups (broad SMARTS) is 1. The van der Waals surface area contributed by atoms with E-state index in [1.165, 1.54) is 10.4 Å². The summed E-state index contributed by atoms with van der Waals surface area (Å²) in [5.74, 6) is -1.08. The minimum Gasteiger partial charge on any atom is -0.550 e. The number of hydrogen-bond donors (Lipinski definition) is 1. The number of carboxylic acids is 1. The molecular weight excluding hydrogens is 408 g/mol. The van der Waals surface area contributed by atoms with Crippen LogP contribution in [0.2, 0.25) is 5.02 Å². The van der Waals surface area contributed by atoms with Crippen LogP contribution in [-0.4, -0.2) is 50.9 Å².